The fourth-order valence-corrected chi connectivity index (χ4v) is 2.42. The van der Waals surface area contributed by atoms with Gasteiger partial charge in [0.15, 0.2) is 0 Å². The lowest BCUT2D eigenvalue weighted by molar-refractivity contribution is -0.120. The van der Waals surface area contributed by atoms with Gasteiger partial charge in [-0.2, -0.15) is 5.10 Å². The van der Waals surface area contributed by atoms with Gasteiger partial charge in [-0.05, 0) is 12.8 Å². The summed E-state index contributed by atoms with van der Waals surface area (Å²) in [4.78, 5) is 22.7. The van der Waals surface area contributed by atoms with Gasteiger partial charge in [-0.3, -0.25) is 14.9 Å². The quantitative estimate of drug-likeness (QED) is 0.872. The molecule has 104 valence electrons. The Morgan fingerprint density at radius 1 is 1.40 bits per heavy atom. The summed E-state index contributed by atoms with van der Waals surface area (Å²) in [6.07, 6.45) is 10.2. The van der Waals surface area contributed by atoms with Crippen molar-refractivity contribution in [2.45, 2.75) is 12.8 Å². The van der Waals surface area contributed by atoms with Crippen molar-refractivity contribution >= 4 is 17.4 Å². The second-order valence-corrected chi connectivity index (χ2v) is 4.83. The molecule has 1 amide bonds. The zero-order chi connectivity index (χ0) is 13.8. The Morgan fingerprint density at radius 2 is 2.35 bits per heavy atom. The van der Waals surface area contributed by atoms with Crippen LogP contribution in [0.15, 0.2) is 31.0 Å². The number of carbonyl (C=O) groups is 1. The Balaban J connectivity index is 1.64. The van der Waals surface area contributed by atoms with Crippen LogP contribution in [0.4, 0.5) is 11.5 Å². The molecule has 0 radical (unpaired) electrons. The molecule has 3 rings (SSSR count). The lowest BCUT2D eigenvalue weighted by Gasteiger charge is -2.32. The number of anilines is 2. The number of piperidine rings is 1. The van der Waals surface area contributed by atoms with E-state index in [-0.39, 0.29) is 11.8 Å². The third-order valence-corrected chi connectivity index (χ3v) is 3.43. The summed E-state index contributed by atoms with van der Waals surface area (Å²) >= 11 is 0. The Morgan fingerprint density at radius 3 is 3.10 bits per heavy atom. The van der Waals surface area contributed by atoms with Crippen LogP contribution < -0.4 is 10.2 Å². The molecule has 3 heterocycles. The van der Waals surface area contributed by atoms with E-state index < -0.39 is 0 Å². The maximum atomic E-state index is 12.2. The first-order chi connectivity index (χ1) is 9.83. The van der Waals surface area contributed by atoms with Gasteiger partial charge in [0.1, 0.15) is 5.82 Å². The first-order valence-electron chi connectivity index (χ1n) is 6.63. The van der Waals surface area contributed by atoms with Crippen molar-refractivity contribution in [3.8, 4) is 0 Å². The fraction of sp³-hybridized carbons (Fsp3) is 0.385. The smallest absolute Gasteiger partial charge is 0.229 e. The first kappa shape index (κ1) is 12.6. The van der Waals surface area contributed by atoms with Gasteiger partial charge in [-0.1, -0.05) is 0 Å². The molecule has 0 spiro atoms. The van der Waals surface area contributed by atoms with Crippen molar-refractivity contribution in [2.75, 3.05) is 23.3 Å². The van der Waals surface area contributed by atoms with Crippen molar-refractivity contribution < 1.29 is 4.79 Å². The molecule has 7 heteroatoms. The predicted octanol–water partition coefficient (Wildman–Crippen LogP) is 1.05. The number of H-pyrrole nitrogens is 1. The van der Waals surface area contributed by atoms with E-state index in [2.05, 4.69) is 30.4 Å². The molecule has 0 aliphatic carbocycles. The van der Waals surface area contributed by atoms with Crippen LogP contribution in [0.25, 0.3) is 0 Å². The zero-order valence-electron chi connectivity index (χ0n) is 11.0. The Labute approximate surface area is 116 Å². The van der Waals surface area contributed by atoms with E-state index in [1.54, 1.807) is 31.0 Å². The van der Waals surface area contributed by atoms with E-state index in [1.165, 1.54) is 0 Å². The molecule has 7 nitrogen and oxygen atoms in total. The molecule has 0 bridgehead atoms. The van der Waals surface area contributed by atoms with Crippen LogP contribution >= 0.6 is 0 Å². The SMILES string of the molecule is O=C(Nc1cn[nH]c1)[C@H]1CCCN(c2cnccn2)C1. The van der Waals surface area contributed by atoms with Gasteiger partial charge in [0.2, 0.25) is 5.91 Å². The summed E-state index contributed by atoms with van der Waals surface area (Å²) in [6, 6.07) is 0. The minimum atomic E-state index is -0.0411. The van der Waals surface area contributed by atoms with Gasteiger partial charge >= 0.3 is 0 Å². The molecule has 2 aromatic rings. The summed E-state index contributed by atoms with van der Waals surface area (Å²) < 4.78 is 0. The molecule has 1 atom stereocenters. The van der Waals surface area contributed by atoms with E-state index in [1.807, 2.05) is 0 Å². The van der Waals surface area contributed by atoms with Gasteiger partial charge in [0.25, 0.3) is 0 Å². The molecule has 0 unspecified atom stereocenters. The van der Waals surface area contributed by atoms with Crippen LogP contribution in [0, 0.1) is 5.92 Å². The molecule has 1 saturated heterocycles. The molecular formula is C13H16N6O. The molecule has 1 aliphatic heterocycles. The molecule has 2 N–H and O–H groups in total. The molecular weight excluding hydrogens is 256 g/mol. The van der Waals surface area contributed by atoms with Crippen molar-refractivity contribution in [1.29, 1.82) is 0 Å². The summed E-state index contributed by atoms with van der Waals surface area (Å²) in [5.74, 6) is 0.814. The largest absolute Gasteiger partial charge is 0.355 e. The van der Waals surface area contributed by atoms with Crippen LogP contribution in [0.5, 0.6) is 0 Å². The molecule has 1 fully saturated rings. The van der Waals surface area contributed by atoms with Crippen molar-refractivity contribution in [3.63, 3.8) is 0 Å². The van der Waals surface area contributed by atoms with Crippen molar-refractivity contribution in [2.24, 2.45) is 5.92 Å². The summed E-state index contributed by atoms with van der Waals surface area (Å²) in [7, 11) is 0. The third kappa shape index (κ3) is 2.76. The number of rotatable bonds is 3. The second kappa shape index (κ2) is 5.68. The maximum absolute atomic E-state index is 12.2. The fourth-order valence-electron chi connectivity index (χ4n) is 2.42. The van der Waals surface area contributed by atoms with E-state index >= 15 is 0 Å². The minimum Gasteiger partial charge on any atom is -0.355 e. The maximum Gasteiger partial charge on any atom is 0.229 e. The highest BCUT2D eigenvalue weighted by molar-refractivity contribution is 5.92. The first-order valence-corrected chi connectivity index (χ1v) is 6.63. The topological polar surface area (TPSA) is 86.8 Å². The number of hydrogen-bond acceptors (Lipinski definition) is 5. The van der Waals surface area contributed by atoms with Gasteiger partial charge in [-0.15, -0.1) is 0 Å². The Hall–Kier alpha value is -2.44. The Bertz CT molecular complexity index is 556. The zero-order valence-corrected chi connectivity index (χ0v) is 11.0. The third-order valence-electron chi connectivity index (χ3n) is 3.43. The number of aromatic amines is 1. The molecule has 0 aromatic carbocycles. The summed E-state index contributed by atoms with van der Waals surface area (Å²) in [6.45, 7) is 1.58. The van der Waals surface area contributed by atoms with Crippen LogP contribution in [-0.4, -0.2) is 39.2 Å². The van der Waals surface area contributed by atoms with Gasteiger partial charge < -0.3 is 10.2 Å². The normalized spacial score (nSPS) is 18.8. The second-order valence-electron chi connectivity index (χ2n) is 4.83. The van der Waals surface area contributed by atoms with Crippen LogP contribution in [0.2, 0.25) is 0 Å². The van der Waals surface area contributed by atoms with Crippen LogP contribution in [0.1, 0.15) is 12.8 Å². The van der Waals surface area contributed by atoms with Crippen molar-refractivity contribution in [3.05, 3.63) is 31.0 Å². The average Bonchev–Trinajstić information content (AvgIpc) is 3.01. The molecule has 20 heavy (non-hydrogen) atoms. The number of nitrogens with one attached hydrogen (secondary N) is 2. The number of carbonyl (C=O) groups excluding carboxylic acids is 1. The summed E-state index contributed by atoms with van der Waals surface area (Å²) in [5.41, 5.74) is 0.701. The van der Waals surface area contributed by atoms with E-state index in [9.17, 15) is 4.79 Å². The van der Waals surface area contributed by atoms with Crippen molar-refractivity contribution in [1.82, 2.24) is 20.2 Å². The standard InChI is InChI=1S/C13H16N6O/c20-13(18-11-6-16-17-7-11)10-2-1-5-19(9-10)12-8-14-3-4-15-12/h3-4,6-8,10H,1-2,5,9H2,(H,16,17)(H,18,20)/t10-/m0/s1. The summed E-state index contributed by atoms with van der Waals surface area (Å²) in [5, 5.41) is 9.36. The van der Waals surface area contributed by atoms with Crippen LogP contribution in [0.3, 0.4) is 0 Å². The number of hydrogen-bond donors (Lipinski definition) is 2. The molecule has 0 saturated carbocycles. The molecule has 1 aliphatic rings. The number of aromatic nitrogens is 4. The minimum absolute atomic E-state index is 0.0278. The lowest BCUT2D eigenvalue weighted by Crippen LogP contribution is -2.41. The van der Waals surface area contributed by atoms with E-state index in [4.69, 9.17) is 0 Å². The molecule has 2 aromatic heterocycles. The highest BCUT2D eigenvalue weighted by atomic mass is 16.1. The van der Waals surface area contributed by atoms with Crippen LogP contribution in [-0.2, 0) is 4.79 Å². The van der Waals surface area contributed by atoms with Gasteiger partial charge in [-0.25, -0.2) is 4.98 Å². The van der Waals surface area contributed by atoms with Gasteiger partial charge in [0, 0.05) is 31.7 Å². The number of nitrogens with zero attached hydrogens (tertiary/aromatic N) is 4. The monoisotopic (exact) mass is 272 g/mol. The average molecular weight is 272 g/mol. The lowest BCUT2D eigenvalue weighted by atomic mass is 9.97. The van der Waals surface area contributed by atoms with Gasteiger partial charge in [0.05, 0.1) is 24.0 Å². The van der Waals surface area contributed by atoms with E-state index in [0.717, 1.165) is 25.2 Å². The highest BCUT2D eigenvalue weighted by Gasteiger charge is 2.26. The highest BCUT2D eigenvalue weighted by Crippen LogP contribution is 2.22. The number of amides is 1. The van der Waals surface area contributed by atoms with E-state index in [0.29, 0.717) is 12.2 Å². The predicted molar refractivity (Wildman–Crippen MR) is 74.2 cm³/mol. The Kier molecular flexibility index (Phi) is 3.58.